The van der Waals surface area contributed by atoms with Crippen molar-refractivity contribution in [1.29, 1.82) is 0 Å². The number of hydrogen-bond donors (Lipinski definition) is 0. The van der Waals surface area contributed by atoms with Crippen LogP contribution in [0.25, 0.3) is 0 Å². The molecule has 0 aromatic carbocycles. The van der Waals surface area contributed by atoms with Crippen LogP contribution in [0.4, 0.5) is 0 Å². The van der Waals surface area contributed by atoms with E-state index in [1.54, 1.807) is 0 Å². The van der Waals surface area contributed by atoms with Gasteiger partial charge in [0.05, 0.1) is 19.6 Å². The van der Waals surface area contributed by atoms with Gasteiger partial charge in [0.25, 0.3) is 0 Å². The molecule has 0 amide bonds. The average molecular weight is 222 g/mol. The van der Waals surface area contributed by atoms with Gasteiger partial charge in [-0.3, -0.25) is 4.48 Å². The van der Waals surface area contributed by atoms with Gasteiger partial charge in [-0.05, 0) is 20.8 Å². The van der Waals surface area contributed by atoms with Gasteiger partial charge in [0.15, 0.2) is 0 Å². The standard InChI is InChI=1S/C10H20NO2.ClH/c1-5-10(12)13-9-11(6-2,7-3)8-4;/h5H,1,6-9H2,2-4H3;1H/q+1;/p-1. The summed E-state index contributed by atoms with van der Waals surface area (Å²) in [5.74, 6) is -0.335. The van der Waals surface area contributed by atoms with Gasteiger partial charge in [-0.2, -0.15) is 0 Å². The second kappa shape index (κ2) is 7.83. The molecule has 0 aromatic heterocycles. The SMILES string of the molecule is C=CC(=O)OC[N+](CC)(CC)CC.[Cl-]. The van der Waals surface area contributed by atoms with Crippen LogP contribution in [-0.2, 0) is 9.53 Å². The first-order valence-corrected chi connectivity index (χ1v) is 4.78. The Hall–Kier alpha value is -0.540. The molecule has 0 aliphatic carbocycles. The summed E-state index contributed by atoms with van der Waals surface area (Å²) >= 11 is 0. The molecule has 0 aliphatic rings. The molecule has 0 aromatic rings. The first-order chi connectivity index (χ1) is 6.14. The molecule has 84 valence electrons. The minimum atomic E-state index is -0.335. The van der Waals surface area contributed by atoms with Crippen LogP contribution < -0.4 is 12.4 Å². The Morgan fingerprint density at radius 1 is 1.29 bits per heavy atom. The predicted molar refractivity (Wildman–Crippen MR) is 53.0 cm³/mol. The Bertz CT molecular complexity index is 171. The number of carbonyl (C=O) groups is 1. The smallest absolute Gasteiger partial charge is 0.334 e. The molecule has 14 heavy (non-hydrogen) atoms. The predicted octanol–water partition coefficient (Wildman–Crippen LogP) is -1.45. The molecule has 0 fully saturated rings. The third-order valence-electron chi connectivity index (χ3n) is 2.66. The van der Waals surface area contributed by atoms with Gasteiger partial charge in [-0.1, -0.05) is 6.58 Å². The summed E-state index contributed by atoms with van der Waals surface area (Å²) in [6, 6.07) is 0. The van der Waals surface area contributed by atoms with E-state index in [9.17, 15) is 4.79 Å². The van der Waals surface area contributed by atoms with E-state index in [0.717, 1.165) is 24.1 Å². The third-order valence-corrected chi connectivity index (χ3v) is 2.66. The van der Waals surface area contributed by atoms with Crippen LogP contribution in [0.3, 0.4) is 0 Å². The van der Waals surface area contributed by atoms with E-state index < -0.39 is 0 Å². The summed E-state index contributed by atoms with van der Waals surface area (Å²) in [4.78, 5) is 10.9. The Balaban J connectivity index is 0. The summed E-state index contributed by atoms with van der Waals surface area (Å²) in [6.45, 7) is 13.1. The second-order valence-corrected chi connectivity index (χ2v) is 3.09. The topological polar surface area (TPSA) is 26.3 Å². The molecule has 0 radical (unpaired) electrons. The van der Waals surface area contributed by atoms with Crippen molar-refractivity contribution in [1.82, 2.24) is 0 Å². The van der Waals surface area contributed by atoms with Crippen LogP contribution in [0.15, 0.2) is 12.7 Å². The van der Waals surface area contributed by atoms with E-state index in [1.165, 1.54) is 6.08 Å². The second-order valence-electron chi connectivity index (χ2n) is 3.09. The van der Waals surface area contributed by atoms with Crippen LogP contribution in [0.1, 0.15) is 20.8 Å². The molecule has 0 atom stereocenters. The number of esters is 1. The van der Waals surface area contributed by atoms with Crippen LogP contribution in [0, 0.1) is 0 Å². The van der Waals surface area contributed by atoms with E-state index in [1.807, 2.05) is 0 Å². The molecular formula is C10H20ClNO2. The normalized spacial score (nSPS) is 10.2. The van der Waals surface area contributed by atoms with Gasteiger partial charge in [-0.25, -0.2) is 4.79 Å². The first-order valence-electron chi connectivity index (χ1n) is 4.78. The largest absolute Gasteiger partial charge is 1.00 e. The zero-order chi connectivity index (χ0) is 10.3. The lowest BCUT2D eigenvalue weighted by atomic mass is 10.4. The Kier molecular flexibility index (Phi) is 8.89. The third kappa shape index (κ3) is 4.63. The highest BCUT2D eigenvalue weighted by atomic mass is 35.5. The molecule has 0 unspecified atom stereocenters. The number of carbonyl (C=O) groups excluding carboxylic acids is 1. The molecule has 4 heteroatoms. The summed E-state index contributed by atoms with van der Waals surface area (Å²) < 4.78 is 5.86. The number of ether oxygens (including phenoxy) is 1. The van der Waals surface area contributed by atoms with Crippen molar-refractivity contribution in [3.8, 4) is 0 Å². The fourth-order valence-electron chi connectivity index (χ4n) is 1.20. The number of nitrogens with zero attached hydrogens (tertiary/aromatic N) is 1. The van der Waals surface area contributed by atoms with Crippen molar-refractivity contribution in [3.63, 3.8) is 0 Å². The van der Waals surface area contributed by atoms with E-state index in [-0.39, 0.29) is 18.4 Å². The Morgan fingerprint density at radius 3 is 2.00 bits per heavy atom. The Morgan fingerprint density at radius 2 is 1.71 bits per heavy atom. The van der Waals surface area contributed by atoms with Gasteiger partial charge < -0.3 is 17.1 Å². The van der Waals surface area contributed by atoms with Crippen LogP contribution in [-0.4, -0.2) is 36.8 Å². The molecule has 0 rings (SSSR count). The average Bonchev–Trinajstić information content (AvgIpc) is 2.20. The van der Waals surface area contributed by atoms with Crippen LogP contribution in [0.5, 0.6) is 0 Å². The van der Waals surface area contributed by atoms with Gasteiger partial charge >= 0.3 is 5.97 Å². The van der Waals surface area contributed by atoms with Crippen molar-refractivity contribution < 1.29 is 26.4 Å². The van der Waals surface area contributed by atoms with Crippen LogP contribution >= 0.6 is 0 Å². The zero-order valence-corrected chi connectivity index (χ0v) is 10.0. The number of halogens is 1. The maximum absolute atomic E-state index is 10.9. The van der Waals surface area contributed by atoms with Gasteiger partial charge in [-0.15, -0.1) is 0 Å². The molecule has 0 saturated carbocycles. The highest BCUT2D eigenvalue weighted by Crippen LogP contribution is 2.05. The van der Waals surface area contributed by atoms with Gasteiger partial charge in [0.1, 0.15) is 0 Å². The maximum atomic E-state index is 10.9. The summed E-state index contributed by atoms with van der Waals surface area (Å²) in [5.41, 5.74) is 0. The summed E-state index contributed by atoms with van der Waals surface area (Å²) in [5, 5.41) is 0. The maximum Gasteiger partial charge on any atom is 0.334 e. The highest BCUT2D eigenvalue weighted by Gasteiger charge is 2.21. The van der Waals surface area contributed by atoms with Crippen molar-refractivity contribution in [2.24, 2.45) is 0 Å². The van der Waals surface area contributed by atoms with E-state index >= 15 is 0 Å². The van der Waals surface area contributed by atoms with Gasteiger partial charge in [0, 0.05) is 6.08 Å². The van der Waals surface area contributed by atoms with E-state index in [0.29, 0.717) is 6.73 Å². The molecule has 0 saturated heterocycles. The van der Waals surface area contributed by atoms with Crippen molar-refractivity contribution in [2.45, 2.75) is 20.8 Å². The lowest BCUT2D eigenvalue weighted by molar-refractivity contribution is -0.938. The summed E-state index contributed by atoms with van der Waals surface area (Å²) in [7, 11) is 0. The monoisotopic (exact) mass is 221 g/mol. The zero-order valence-electron chi connectivity index (χ0n) is 9.25. The molecule has 0 N–H and O–H groups in total. The van der Waals surface area contributed by atoms with Crippen molar-refractivity contribution in [3.05, 3.63) is 12.7 Å². The molecule has 0 bridgehead atoms. The quantitative estimate of drug-likeness (QED) is 0.238. The Labute approximate surface area is 92.7 Å². The molecule has 0 heterocycles. The van der Waals surface area contributed by atoms with Crippen molar-refractivity contribution in [2.75, 3.05) is 26.4 Å². The first kappa shape index (κ1) is 15.9. The lowest BCUT2D eigenvalue weighted by Gasteiger charge is -2.34. The molecule has 3 nitrogen and oxygen atoms in total. The van der Waals surface area contributed by atoms with Crippen molar-refractivity contribution >= 4 is 5.97 Å². The lowest BCUT2D eigenvalue weighted by Crippen LogP contribution is -3.00. The van der Waals surface area contributed by atoms with E-state index in [2.05, 4.69) is 27.4 Å². The van der Waals surface area contributed by atoms with Crippen LogP contribution in [0.2, 0.25) is 0 Å². The number of hydrogen-bond acceptors (Lipinski definition) is 2. The number of rotatable bonds is 6. The fraction of sp³-hybridized carbons (Fsp3) is 0.700. The minimum absolute atomic E-state index is 0. The highest BCUT2D eigenvalue weighted by molar-refractivity contribution is 5.81. The molecule has 0 aliphatic heterocycles. The fourth-order valence-corrected chi connectivity index (χ4v) is 1.20. The summed E-state index contributed by atoms with van der Waals surface area (Å²) in [6.07, 6.45) is 1.20. The molecular weight excluding hydrogens is 202 g/mol. The minimum Gasteiger partial charge on any atom is -1.00 e. The van der Waals surface area contributed by atoms with E-state index in [4.69, 9.17) is 4.74 Å². The molecule has 0 spiro atoms. The number of quaternary nitrogens is 1. The van der Waals surface area contributed by atoms with Gasteiger partial charge in [0.2, 0.25) is 6.73 Å².